The number of hydrogen-bond acceptors (Lipinski definition) is 6. The van der Waals surface area contributed by atoms with Crippen LogP contribution in [0.15, 0.2) is 84.9 Å². The fourth-order valence-corrected chi connectivity index (χ4v) is 7.56. The molecule has 1 atom stereocenters. The van der Waals surface area contributed by atoms with Crippen molar-refractivity contribution in [2.75, 3.05) is 13.7 Å². The van der Waals surface area contributed by atoms with Gasteiger partial charge in [-0.1, -0.05) is 63.6 Å². The zero-order chi connectivity index (χ0) is 33.4. The molecule has 2 aliphatic heterocycles. The van der Waals surface area contributed by atoms with E-state index in [2.05, 4.69) is 26.8 Å². The van der Waals surface area contributed by atoms with Gasteiger partial charge in [0.25, 0.3) is 0 Å². The molecule has 1 aliphatic carbocycles. The number of fused-ring (bicyclic) bond motifs is 10. The first-order valence-corrected chi connectivity index (χ1v) is 16.2. The number of methoxy groups -OCH3 is 1. The second kappa shape index (κ2) is 10.8. The van der Waals surface area contributed by atoms with Crippen molar-refractivity contribution in [2.45, 2.75) is 44.6 Å². The molecule has 0 bridgehead atoms. The van der Waals surface area contributed by atoms with E-state index in [4.69, 9.17) is 18.9 Å². The Balaban J connectivity index is 1.40. The predicted molar refractivity (Wildman–Crippen MR) is 181 cm³/mol. The highest BCUT2D eigenvalue weighted by molar-refractivity contribution is 6.21. The average Bonchev–Trinajstić information content (AvgIpc) is 3.53. The Hall–Kier alpha value is -5.43. The van der Waals surface area contributed by atoms with E-state index in [0.717, 1.165) is 62.7 Å². The van der Waals surface area contributed by atoms with Crippen LogP contribution in [0, 0.1) is 5.82 Å². The quantitative estimate of drug-likeness (QED) is 0.100. The summed E-state index contributed by atoms with van der Waals surface area (Å²) in [7, 11) is 1.61. The number of unbranched alkanes of at least 4 members (excludes halogenated alkanes) is 1. The second-order valence-corrected chi connectivity index (χ2v) is 13.0. The van der Waals surface area contributed by atoms with Gasteiger partial charge in [0.1, 0.15) is 23.1 Å². The largest absolute Gasteiger partial charge is 0.497 e. The summed E-state index contributed by atoms with van der Waals surface area (Å²) in [6, 6.07) is 23.6. The summed E-state index contributed by atoms with van der Waals surface area (Å²) in [5.41, 5.74) is 4.83. The second-order valence-electron chi connectivity index (χ2n) is 13.0. The predicted octanol–water partition coefficient (Wildman–Crippen LogP) is 9.13. The molecule has 240 valence electrons. The monoisotopic (exact) mass is 640 g/mol. The molecule has 5 aromatic rings. The minimum atomic E-state index is -1.11. The highest BCUT2D eigenvalue weighted by atomic mass is 19.1. The van der Waals surface area contributed by atoms with Crippen LogP contribution in [-0.2, 0) is 15.8 Å². The number of rotatable bonds is 7. The molecule has 0 spiro atoms. The van der Waals surface area contributed by atoms with Gasteiger partial charge in [-0.25, -0.2) is 14.0 Å². The Morgan fingerprint density at radius 3 is 2.21 bits per heavy atom. The van der Waals surface area contributed by atoms with Crippen molar-refractivity contribution < 1.29 is 32.9 Å². The molecule has 8 rings (SSSR count). The van der Waals surface area contributed by atoms with E-state index in [0.29, 0.717) is 29.2 Å². The third-order valence-electron chi connectivity index (χ3n) is 9.94. The van der Waals surface area contributed by atoms with Crippen molar-refractivity contribution in [1.82, 2.24) is 0 Å². The molecule has 6 nitrogen and oxygen atoms in total. The molecular weight excluding hydrogens is 607 g/mol. The number of esters is 2. The van der Waals surface area contributed by atoms with Crippen molar-refractivity contribution in [1.29, 1.82) is 0 Å². The lowest BCUT2D eigenvalue weighted by Crippen LogP contribution is -2.35. The number of halogens is 1. The minimum absolute atomic E-state index is 0.269. The maximum absolute atomic E-state index is 14.3. The zero-order valence-corrected chi connectivity index (χ0v) is 27.1. The van der Waals surface area contributed by atoms with Gasteiger partial charge in [-0.2, -0.15) is 0 Å². The molecule has 3 aliphatic rings. The first-order chi connectivity index (χ1) is 23.2. The molecular formula is C41H33FO6. The summed E-state index contributed by atoms with van der Waals surface area (Å²) in [4.78, 5) is 25.8. The zero-order valence-electron chi connectivity index (χ0n) is 27.1. The lowest BCUT2D eigenvalue weighted by atomic mass is 9.76. The van der Waals surface area contributed by atoms with Crippen molar-refractivity contribution in [3.8, 4) is 28.4 Å². The molecule has 7 heteroatoms. The lowest BCUT2D eigenvalue weighted by Gasteiger charge is -2.38. The van der Waals surface area contributed by atoms with Crippen LogP contribution in [0.3, 0.4) is 0 Å². The highest BCUT2D eigenvalue weighted by Crippen LogP contribution is 2.59. The van der Waals surface area contributed by atoms with E-state index < -0.39 is 23.0 Å². The average molecular weight is 641 g/mol. The van der Waals surface area contributed by atoms with Gasteiger partial charge in [0.05, 0.1) is 24.8 Å². The maximum Gasteiger partial charge on any atom is 0.347 e. The summed E-state index contributed by atoms with van der Waals surface area (Å²) >= 11 is 0. The molecule has 5 aromatic carbocycles. The van der Waals surface area contributed by atoms with E-state index in [1.54, 1.807) is 25.3 Å². The molecule has 0 fully saturated rings. The Kier molecular flexibility index (Phi) is 6.74. The van der Waals surface area contributed by atoms with E-state index in [9.17, 15) is 14.0 Å². The van der Waals surface area contributed by atoms with E-state index in [1.165, 1.54) is 12.1 Å². The molecule has 48 heavy (non-hydrogen) atoms. The fraction of sp³-hybridized carbons (Fsp3) is 0.220. The minimum Gasteiger partial charge on any atom is -0.497 e. The summed E-state index contributed by atoms with van der Waals surface area (Å²) in [6.45, 7) is 7.00. The van der Waals surface area contributed by atoms with Crippen LogP contribution in [0.1, 0.15) is 82.1 Å². The Morgan fingerprint density at radius 2 is 1.50 bits per heavy atom. The van der Waals surface area contributed by atoms with Gasteiger partial charge >= 0.3 is 11.9 Å². The molecule has 0 saturated carbocycles. The summed E-state index contributed by atoms with van der Waals surface area (Å²) in [5, 5.41) is 1.62. The van der Waals surface area contributed by atoms with E-state index >= 15 is 0 Å². The van der Waals surface area contributed by atoms with Gasteiger partial charge in [-0.15, -0.1) is 0 Å². The molecule has 0 N–H and O–H groups in total. The first kappa shape index (κ1) is 29.9. The third kappa shape index (κ3) is 4.23. The number of carbonyl (C=O) groups is 2. The van der Waals surface area contributed by atoms with Crippen LogP contribution in [0.25, 0.3) is 28.0 Å². The number of cyclic esters (lactones) is 2. The van der Waals surface area contributed by atoms with Gasteiger partial charge < -0.3 is 18.9 Å². The van der Waals surface area contributed by atoms with Crippen molar-refractivity contribution >= 4 is 28.8 Å². The molecule has 0 radical (unpaired) electrons. The van der Waals surface area contributed by atoms with E-state index in [-0.39, 0.29) is 11.4 Å². The first-order valence-electron chi connectivity index (χ1n) is 16.2. The van der Waals surface area contributed by atoms with Crippen LogP contribution >= 0.6 is 0 Å². The molecule has 0 aromatic heterocycles. The van der Waals surface area contributed by atoms with Crippen LogP contribution in [-0.4, -0.2) is 25.7 Å². The fourth-order valence-electron chi connectivity index (χ4n) is 7.56. The van der Waals surface area contributed by atoms with Gasteiger partial charge in [-0.3, -0.25) is 0 Å². The number of hydrogen-bond donors (Lipinski definition) is 0. The molecule has 2 heterocycles. The Labute approximate surface area is 277 Å². The third-order valence-corrected chi connectivity index (χ3v) is 9.94. The Bertz CT molecular complexity index is 2200. The van der Waals surface area contributed by atoms with E-state index in [1.807, 2.05) is 54.6 Å². The topological polar surface area (TPSA) is 71.1 Å². The van der Waals surface area contributed by atoms with Crippen molar-refractivity contribution in [3.63, 3.8) is 0 Å². The van der Waals surface area contributed by atoms with Crippen molar-refractivity contribution in [3.05, 3.63) is 130 Å². The van der Waals surface area contributed by atoms with Gasteiger partial charge in [0.2, 0.25) is 0 Å². The number of carbonyl (C=O) groups excluding carboxylic acids is 2. The van der Waals surface area contributed by atoms with Gasteiger partial charge in [-0.05, 0) is 83.1 Å². The standard InChI is InChI=1S/C41H33FO6/c1-5-6-21-46-26-13-9-24(10-14-26)41(23-7-11-25(42)12-8-23)20-19-30-36-33(28-16-15-27(45-4)22-31(28)37(30)48-41)35-32(40(36,2)3)18-17-29-34(35)39(44)47-38(29)43/h7-20,22H,5-6,21H2,1-4H3. The van der Waals surface area contributed by atoms with Gasteiger partial charge in [0, 0.05) is 33.1 Å². The molecule has 1 unspecified atom stereocenters. The summed E-state index contributed by atoms with van der Waals surface area (Å²) in [6.07, 6.45) is 6.09. The number of benzene rings is 5. The SMILES string of the molecule is CCCCOc1ccc(C2(c3ccc(F)cc3)C=Cc3c4c(c5ccc(OC)cc5c3O2)-c2c(ccc3c2C(=O)OC3=O)C4(C)C)cc1. The normalized spacial score (nSPS) is 18.1. The van der Waals surface area contributed by atoms with Crippen LogP contribution in [0.4, 0.5) is 4.39 Å². The number of ether oxygens (including phenoxy) is 4. The Morgan fingerprint density at radius 1 is 0.792 bits per heavy atom. The highest BCUT2D eigenvalue weighted by Gasteiger charge is 2.47. The smallest absolute Gasteiger partial charge is 0.347 e. The maximum atomic E-state index is 14.3. The van der Waals surface area contributed by atoms with Crippen molar-refractivity contribution in [2.24, 2.45) is 0 Å². The summed E-state index contributed by atoms with van der Waals surface area (Å²) in [5.74, 6) is 0.411. The van der Waals surface area contributed by atoms with Gasteiger partial charge in [0.15, 0.2) is 5.60 Å². The van der Waals surface area contributed by atoms with Crippen LogP contribution in [0.5, 0.6) is 17.2 Å². The molecule has 0 amide bonds. The summed E-state index contributed by atoms with van der Waals surface area (Å²) < 4.78 is 38.3. The molecule has 0 saturated heterocycles. The van der Waals surface area contributed by atoms with Crippen LogP contribution in [0.2, 0.25) is 0 Å². The van der Waals surface area contributed by atoms with Crippen LogP contribution < -0.4 is 14.2 Å². The lowest BCUT2D eigenvalue weighted by molar-refractivity contribution is 0.0444.